The second-order valence-corrected chi connectivity index (χ2v) is 3.60. The molecule has 2 heterocycles. The summed E-state index contributed by atoms with van der Waals surface area (Å²) in [5.41, 5.74) is 7.61. The van der Waals surface area contributed by atoms with Crippen LogP contribution in [-0.2, 0) is 4.74 Å². The smallest absolute Gasteiger partial charge is 0.0992 e. The van der Waals surface area contributed by atoms with Crippen molar-refractivity contribution in [2.75, 3.05) is 18.9 Å². The van der Waals surface area contributed by atoms with Gasteiger partial charge in [0.25, 0.3) is 0 Å². The lowest BCUT2D eigenvalue weighted by Crippen LogP contribution is -2.31. The molecule has 1 aliphatic heterocycles. The summed E-state index contributed by atoms with van der Waals surface area (Å²) < 4.78 is 7.14. The summed E-state index contributed by atoms with van der Waals surface area (Å²) in [4.78, 5) is 0. The molecule has 1 aromatic heterocycles. The Hall–Kier alpha value is -1.55. The normalized spacial score (nSPS) is 17.1. The molecule has 1 saturated heterocycles. The van der Waals surface area contributed by atoms with Gasteiger partial charge in [-0.3, -0.25) is 4.68 Å². The van der Waals surface area contributed by atoms with Crippen LogP contribution in [-0.4, -0.2) is 23.0 Å². The van der Waals surface area contributed by atoms with E-state index in [4.69, 9.17) is 10.5 Å². The fraction of sp³-hybridized carbons (Fsp3) is 0.300. The molecule has 1 aliphatic rings. The number of hydrogen-bond donors (Lipinski definition) is 1. The van der Waals surface area contributed by atoms with E-state index in [1.807, 2.05) is 29.1 Å². The minimum absolute atomic E-state index is 0.384. The summed E-state index contributed by atoms with van der Waals surface area (Å²) in [5.74, 6) is 0. The summed E-state index contributed by atoms with van der Waals surface area (Å²) in [5, 5.41) is 5.47. The molecule has 4 nitrogen and oxygen atoms in total. The van der Waals surface area contributed by atoms with Gasteiger partial charge < -0.3 is 10.5 Å². The maximum Gasteiger partial charge on any atom is 0.0992 e. The van der Waals surface area contributed by atoms with Crippen LogP contribution < -0.4 is 5.73 Å². The van der Waals surface area contributed by atoms with Gasteiger partial charge in [-0.1, -0.05) is 0 Å². The van der Waals surface area contributed by atoms with Crippen molar-refractivity contribution in [2.24, 2.45) is 0 Å². The molecule has 0 atom stereocenters. The van der Waals surface area contributed by atoms with Crippen LogP contribution in [0, 0.1) is 0 Å². The molecule has 72 valence electrons. The predicted octanol–water partition coefficient (Wildman–Crippen LogP) is 1.19. The molecule has 0 radical (unpaired) electrons. The van der Waals surface area contributed by atoms with Crippen molar-refractivity contribution < 1.29 is 4.74 Å². The molecule has 0 aliphatic carbocycles. The van der Waals surface area contributed by atoms with Gasteiger partial charge in [0.05, 0.1) is 31.0 Å². The third-order valence-corrected chi connectivity index (χ3v) is 2.59. The highest BCUT2D eigenvalue weighted by Crippen LogP contribution is 2.24. The average Bonchev–Trinajstić information content (AvgIpc) is 2.46. The van der Waals surface area contributed by atoms with Crippen molar-refractivity contribution >= 4 is 16.6 Å². The Morgan fingerprint density at radius 1 is 1.43 bits per heavy atom. The van der Waals surface area contributed by atoms with Crippen LogP contribution in [0.3, 0.4) is 0 Å². The number of nitrogens with two attached hydrogens (primary N) is 1. The van der Waals surface area contributed by atoms with E-state index in [0.717, 1.165) is 29.8 Å². The minimum Gasteiger partial charge on any atom is -0.399 e. The number of ether oxygens (including phenoxy) is 1. The fourth-order valence-electron chi connectivity index (χ4n) is 1.71. The second kappa shape index (κ2) is 2.72. The second-order valence-electron chi connectivity index (χ2n) is 3.60. The monoisotopic (exact) mass is 189 g/mol. The van der Waals surface area contributed by atoms with Crippen LogP contribution in [0.1, 0.15) is 6.04 Å². The number of nitrogen functional groups attached to an aromatic ring is 1. The first kappa shape index (κ1) is 7.82. The summed E-state index contributed by atoms with van der Waals surface area (Å²) >= 11 is 0. The summed E-state index contributed by atoms with van der Waals surface area (Å²) in [6.45, 7) is 1.51. The molecule has 1 aromatic carbocycles. The number of benzene rings is 1. The molecule has 3 rings (SSSR count). The van der Waals surface area contributed by atoms with E-state index >= 15 is 0 Å². The Labute approximate surface area is 81.3 Å². The number of aromatic nitrogens is 2. The molecule has 0 saturated carbocycles. The van der Waals surface area contributed by atoms with Gasteiger partial charge in [-0.2, -0.15) is 5.10 Å². The number of rotatable bonds is 1. The van der Waals surface area contributed by atoms with Gasteiger partial charge >= 0.3 is 0 Å². The minimum atomic E-state index is 0.384. The van der Waals surface area contributed by atoms with Gasteiger partial charge in [0.1, 0.15) is 0 Å². The molecule has 2 N–H and O–H groups in total. The van der Waals surface area contributed by atoms with Crippen LogP contribution in [0.2, 0.25) is 0 Å². The first-order chi connectivity index (χ1) is 6.84. The maximum atomic E-state index is 5.74. The van der Waals surface area contributed by atoms with E-state index in [1.165, 1.54) is 0 Å². The lowest BCUT2D eigenvalue weighted by atomic mass is 10.2. The molecule has 1 fully saturated rings. The van der Waals surface area contributed by atoms with E-state index in [9.17, 15) is 0 Å². The molecular weight excluding hydrogens is 178 g/mol. The van der Waals surface area contributed by atoms with Crippen molar-refractivity contribution in [3.63, 3.8) is 0 Å². The number of nitrogens with zero attached hydrogens (tertiary/aromatic N) is 2. The van der Waals surface area contributed by atoms with Crippen molar-refractivity contribution in [3.8, 4) is 0 Å². The van der Waals surface area contributed by atoms with E-state index in [0.29, 0.717) is 6.04 Å². The standard InChI is InChI=1S/C10H11N3O/c11-8-2-1-7-4-12-13(10(7)3-8)9-5-14-6-9/h1-4,9H,5-6,11H2. The zero-order valence-corrected chi connectivity index (χ0v) is 7.68. The maximum absolute atomic E-state index is 5.74. The molecule has 2 aromatic rings. The first-order valence-corrected chi connectivity index (χ1v) is 4.65. The Bertz CT molecular complexity index is 473. The largest absolute Gasteiger partial charge is 0.399 e. The average molecular weight is 189 g/mol. The fourth-order valence-corrected chi connectivity index (χ4v) is 1.71. The van der Waals surface area contributed by atoms with Crippen LogP contribution >= 0.6 is 0 Å². The predicted molar refractivity (Wildman–Crippen MR) is 54.0 cm³/mol. The van der Waals surface area contributed by atoms with Gasteiger partial charge in [0.15, 0.2) is 0 Å². The first-order valence-electron chi connectivity index (χ1n) is 4.65. The molecular formula is C10H11N3O. The Morgan fingerprint density at radius 2 is 2.29 bits per heavy atom. The lowest BCUT2D eigenvalue weighted by molar-refractivity contribution is -0.0266. The zero-order valence-electron chi connectivity index (χ0n) is 7.68. The molecule has 0 amide bonds. The third-order valence-electron chi connectivity index (χ3n) is 2.59. The Kier molecular flexibility index (Phi) is 1.52. The van der Waals surface area contributed by atoms with E-state index in [-0.39, 0.29) is 0 Å². The highest BCUT2D eigenvalue weighted by molar-refractivity contribution is 5.81. The number of hydrogen-bond acceptors (Lipinski definition) is 3. The Morgan fingerprint density at radius 3 is 3.00 bits per heavy atom. The van der Waals surface area contributed by atoms with Gasteiger partial charge in [-0.15, -0.1) is 0 Å². The summed E-state index contributed by atoms with van der Waals surface area (Å²) in [6.07, 6.45) is 1.87. The van der Waals surface area contributed by atoms with Crippen molar-refractivity contribution in [3.05, 3.63) is 24.4 Å². The topological polar surface area (TPSA) is 53.1 Å². The molecule has 0 unspecified atom stereocenters. The van der Waals surface area contributed by atoms with Gasteiger partial charge in [-0.25, -0.2) is 0 Å². The van der Waals surface area contributed by atoms with Crippen LogP contribution in [0.4, 0.5) is 5.69 Å². The molecule has 4 heteroatoms. The van der Waals surface area contributed by atoms with Crippen molar-refractivity contribution in [2.45, 2.75) is 6.04 Å². The summed E-state index contributed by atoms with van der Waals surface area (Å²) in [6, 6.07) is 6.23. The highest BCUT2D eigenvalue weighted by Gasteiger charge is 2.22. The lowest BCUT2D eigenvalue weighted by Gasteiger charge is -2.26. The van der Waals surface area contributed by atoms with Crippen LogP contribution in [0.15, 0.2) is 24.4 Å². The quantitative estimate of drug-likeness (QED) is 0.685. The number of fused-ring (bicyclic) bond motifs is 1. The molecule has 14 heavy (non-hydrogen) atoms. The van der Waals surface area contributed by atoms with E-state index in [1.54, 1.807) is 0 Å². The number of anilines is 1. The van der Waals surface area contributed by atoms with Crippen LogP contribution in [0.25, 0.3) is 10.9 Å². The third kappa shape index (κ3) is 1.01. The van der Waals surface area contributed by atoms with E-state index in [2.05, 4.69) is 5.10 Å². The van der Waals surface area contributed by atoms with Gasteiger partial charge in [0.2, 0.25) is 0 Å². The molecule has 0 bridgehead atoms. The van der Waals surface area contributed by atoms with Gasteiger partial charge in [-0.05, 0) is 18.2 Å². The highest BCUT2D eigenvalue weighted by atomic mass is 16.5. The van der Waals surface area contributed by atoms with E-state index < -0.39 is 0 Å². The SMILES string of the molecule is Nc1ccc2cnn(C3COC3)c2c1. The summed E-state index contributed by atoms with van der Waals surface area (Å²) in [7, 11) is 0. The van der Waals surface area contributed by atoms with Crippen molar-refractivity contribution in [1.82, 2.24) is 9.78 Å². The molecule has 0 spiro atoms. The van der Waals surface area contributed by atoms with Crippen molar-refractivity contribution in [1.29, 1.82) is 0 Å². The Balaban J connectivity index is 2.18. The van der Waals surface area contributed by atoms with Gasteiger partial charge in [0, 0.05) is 11.1 Å². The zero-order chi connectivity index (χ0) is 9.54. The van der Waals surface area contributed by atoms with Crippen LogP contribution in [0.5, 0.6) is 0 Å².